The van der Waals surface area contributed by atoms with Crippen LogP contribution < -0.4 is 15.6 Å². The summed E-state index contributed by atoms with van der Waals surface area (Å²) in [6.45, 7) is 0.0593. The maximum Gasteiger partial charge on any atom is 0.573 e. The third-order valence-electron chi connectivity index (χ3n) is 3.30. The first-order valence-corrected chi connectivity index (χ1v) is 8.75. The maximum atomic E-state index is 12.4. The number of carbonyl (C=O) groups is 1. The molecule has 7 nitrogen and oxygen atoms in total. The van der Waals surface area contributed by atoms with Gasteiger partial charge in [0.25, 0.3) is 11.5 Å². The van der Waals surface area contributed by atoms with E-state index < -0.39 is 23.9 Å². The molecule has 0 bridgehead atoms. The molecule has 27 heavy (non-hydrogen) atoms. The number of rotatable bonds is 7. The predicted octanol–water partition coefficient (Wildman–Crippen LogP) is 2.51. The van der Waals surface area contributed by atoms with Gasteiger partial charge in [0.05, 0.1) is 12.6 Å². The number of methoxy groups -OCH3 is 1. The summed E-state index contributed by atoms with van der Waals surface area (Å²) in [6.07, 6.45) is -3.10. The smallest absolute Gasteiger partial charge is 0.406 e. The van der Waals surface area contributed by atoms with Crippen LogP contribution in [0, 0.1) is 0 Å². The third kappa shape index (κ3) is 6.29. The largest absolute Gasteiger partial charge is 0.573 e. The number of aromatic amines is 1. The molecule has 1 heterocycles. The topological polar surface area (TPSA) is 93.3 Å². The first-order chi connectivity index (χ1) is 12.7. The number of nitrogens with one attached hydrogen (secondary N) is 2. The second kappa shape index (κ2) is 8.91. The van der Waals surface area contributed by atoms with Crippen molar-refractivity contribution in [1.82, 2.24) is 15.3 Å². The summed E-state index contributed by atoms with van der Waals surface area (Å²) in [5.41, 5.74) is -0.0627. The number of carbonyl (C=O) groups excluding carboxylic acids is 1. The van der Waals surface area contributed by atoms with E-state index in [1.54, 1.807) is 6.26 Å². The van der Waals surface area contributed by atoms with E-state index in [4.69, 9.17) is 4.74 Å². The van der Waals surface area contributed by atoms with Crippen LogP contribution in [-0.4, -0.2) is 42.2 Å². The summed E-state index contributed by atoms with van der Waals surface area (Å²) in [5.74, 6) is -0.997. The predicted molar refractivity (Wildman–Crippen MR) is 91.8 cm³/mol. The fourth-order valence-corrected chi connectivity index (χ4v) is 2.56. The van der Waals surface area contributed by atoms with E-state index >= 15 is 0 Å². The van der Waals surface area contributed by atoms with Crippen molar-refractivity contribution in [3.63, 3.8) is 0 Å². The Hall–Kier alpha value is -2.53. The number of ether oxygens (including phenoxy) is 2. The number of amides is 1. The van der Waals surface area contributed by atoms with Crippen LogP contribution in [0.4, 0.5) is 13.2 Å². The van der Waals surface area contributed by atoms with Crippen LogP contribution in [-0.2, 0) is 4.74 Å². The van der Waals surface area contributed by atoms with Gasteiger partial charge in [-0.25, -0.2) is 4.98 Å². The summed E-state index contributed by atoms with van der Waals surface area (Å²) >= 11 is 1.17. The molecule has 0 radical (unpaired) electrons. The molecule has 0 aliphatic carbocycles. The fourth-order valence-electron chi connectivity index (χ4n) is 2.17. The molecule has 0 aliphatic heterocycles. The van der Waals surface area contributed by atoms with Crippen LogP contribution in [0.25, 0.3) is 0 Å². The summed E-state index contributed by atoms with van der Waals surface area (Å²) in [4.78, 5) is 30.5. The zero-order valence-corrected chi connectivity index (χ0v) is 15.1. The zero-order valence-electron chi connectivity index (χ0n) is 14.3. The molecule has 2 N–H and O–H groups in total. The van der Waals surface area contributed by atoms with Gasteiger partial charge >= 0.3 is 6.36 Å². The highest BCUT2D eigenvalue weighted by atomic mass is 32.2. The lowest BCUT2D eigenvalue weighted by atomic mass is 10.1. The number of halogens is 3. The minimum absolute atomic E-state index is 0.0593. The minimum atomic E-state index is -4.79. The molecule has 0 saturated carbocycles. The Morgan fingerprint density at radius 3 is 2.56 bits per heavy atom. The van der Waals surface area contributed by atoms with Gasteiger partial charge in [-0.15, -0.1) is 13.2 Å². The van der Waals surface area contributed by atoms with Gasteiger partial charge in [-0.1, -0.05) is 23.9 Å². The molecule has 11 heteroatoms. The van der Waals surface area contributed by atoms with Gasteiger partial charge < -0.3 is 19.8 Å². The van der Waals surface area contributed by atoms with E-state index in [1.165, 1.54) is 31.0 Å². The molecule has 1 unspecified atom stereocenters. The summed E-state index contributed by atoms with van der Waals surface area (Å²) < 4.78 is 45.6. The van der Waals surface area contributed by atoms with Gasteiger partial charge in [-0.3, -0.25) is 9.59 Å². The van der Waals surface area contributed by atoms with Crippen molar-refractivity contribution in [3.05, 3.63) is 51.9 Å². The Labute approximate surface area is 156 Å². The summed E-state index contributed by atoms with van der Waals surface area (Å²) in [7, 11) is 1.41. The normalized spacial score (nSPS) is 12.5. The number of hydrogen-bond donors (Lipinski definition) is 2. The van der Waals surface area contributed by atoms with Crippen LogP contribution in [0.1, 0.15) is 22.1 Å². The van der Waals surface area contributed by atoms with Crippen molar-refractivity contribution < 1.29 is 27.4 Å². The molecular weight excluding hydrogens is 387 g/mol. The second-order valence-corrected chi connectivity index (χ2v) is 6.03. The fraction of sp³-hybridized carbons (Fsp3) is 0.312. The van der Waals surface area contributed by atoms with E-state index in [-0.39, 0.29) is 23.2 Å². The van der Waals surface area contributed by atoms with E-state index in [0.717, 1.165) is 18.2 Å². The minimum Gasteiger partial charge on any atom is -0.406 e. The Morgan fingerprint density at radius 2 is 2.00 bits per heavy atom. The molecule has 1 atom stereocenters. The Bertz CT molecular complexity index is 840. The third-order valence-corrected chi connectivity index (χ3v) is 3.88. The SMILES string of the molecule is COCC(NC(=O)c1cc(=O)[nH]c(SC)n1)c1ccc(OC(F)(F)F)cc1. The van der Waals surface area contributed by atoms with E-state index in [1.807, 2.05) is 0 Å². The average Bonchev–Trinajstić information content (AvgIpc) is 2.60. The standard InChI is InChI=1S/C16H16F3N3O4S/c1-25-8-12(9-3-5-10(6-4-9)26-16(17,18)19)20-14(24)11-7-13(23)22-15(21-11)27-2/h3-7,12H,8H2,1-2H3,(H,20,24)(H,21,22,23). The van der Waals surface area contributed by atoms with Gasteiger partial charge in [0.1, 0.15) is 11.4 Å². The number of hydrogen-bond acceptors (Lipinski definition) is 6. The number of aromatic nitrogens is 2. The summed E-state index contributed by atoms with van der Waals surface area (Å²) in [6, 6.07) is 5.41. The van der Waals surface area contributed by atoms with Gasteiger partial charge in [0, 0.05) is 13.2 Å². The molecule has 0 aliphatic rings. The highest BCUT2D eigenvalue weighted by molar-refractivity contribution is 7.98. The first-order valence-electron chi connectivity index (χ1n) is 7.52. The van der Waals surface area contributed by atoms with E-state index in [2.05, 4.69) is 20.0 Å². The van der Waals surface area contributed by atoms with Crippen molar-refractivity contribution in [2.45, 2.75) is 17.6 Å². The van der Waals surface area contributed by atoms with Crippen molar-refractivity contribution in [2.24, 2.45) is 0 Å². The van der Waals surface area contributed by atoms with Crippen LogP contribution >= 0.6 is 11.8 Å². The monoisotopic (exact) mass is 403 g/mol. The molecule has 0 fully saturated rings. The van der Waals surface area contributed by atoms with E-state index in [0.29, 0.717) is 5.56 Å². The van der Waals surface area contributed by atoms with E-state index in [9.17, 15) is 22.8 Å². The van der Waals surface area contributed by atoms with Gasteiger partial charge in [-0.2, -0.15) is 0 Å². The lowest BCUT2D eigenvalue weighted by molar-refractivity contribution is -0.274. The van der Waals surface area contributed by atoms with Gasteiger partial charge in [0.2, 0.25) is 0 Å². The van der Waals surface area contributed by atoms with Crippen LogP contribution in [0.3, 0.4) is 0 Å². The van der Waals surface area contributed by atoms with Crippen molar-refractivity contribution in [1.29, 1.82) is 0 Å². The quantitative estimate of drug-likeness (QED) is 0.545. The average molecular weight is 403 g/mol. The van der Waals surface area contributed by atoms with Crippen LogP contribution in [0.5, 0.6) is 5.75 Å². The molecule has 2 aromatic rings. The van der Waals surface area contributed by atoms with Crippen LogP contribution in [0.15, 0.2) is 40.3 Å². The molecule has 1 aromatic carbocycles. The second-order valence-electron chi connectivity index (χ2n) is 5.24. The molecule has 1 amide bonds. The Morgan fingerprint density at radius 1 is 1.33 bits per heavy atom. The van der Waals surface area contributed by atoms with Gasteiger partial charge in [-0.05, 0) is 24.0 Å². The lowest BCUT2D eigenvalue weighted by Crippen LogP contribution is -2.33. The highest BCUT2D eigenvalue weighted by Crippen LogP contribution is 2.24. The number of nitrogens with zero attached hydrogens (tertiary/aromatic N) is 1. The van der Waals surface area contributed by atoms with Gasteiger partial charge in [0.15, 0.2) is 5.16 Å². The molecule has 0 spiro atoms. The molecular formula is C16H16F3N3O4S. The molecule has 146 valence electrons. The van der Waals surface area contributed by atoms with Crippen molar-refractivity contribution in [2.75, 3.05) is 20.0 Å². The number of alkyl halides is 3. The molecule has 2 rings (SSSR count). The Kier molecular flexibility index (Phi) is 6.86. The highest BCUT2D eigenvalue weighted by Gasteiger charge is 2.31. The number of thioether (sulfide) groups is 1. The molecule has 1 aromatic heterocycles. The lowest BCUT2D eigenvalue weighted by Gasteiger charge is -2.19. The summed E-state index contributed by atoms with van der Waals surface area (Å²) in [5, 5.41) is 2.93. The molecule has 0 saturated heterocycles. The number of benzene rings is 1. The number of H-pyrrole nitrogens is 1. The van der Waals surface area contributed by atoms with Crippen LogP contribution in [0.2, 0.25) is 0 Å². The maximum absolute atomic E-state index is 12.4. The first kappa shape index (κ1) is 20.8. The van der Waals surface area contributed by atoms with Crippen molar-refractivity contribution in [3.8, 4) is 5.75 Å². The van der Waals surface area contributed by atoms with Crippen molar-refractivity contribution >= 4 is 17.7 Å². The Balaban J connectivity index is 2.18. The zero-order chi connectivity index (χ0) is 20.0.